The van der Waals surface area contributed by atoms with Crippen molar-refractivity contribution in [3.8, 4) is 0 Å². The minimum absolute atomic E-state index is 0.103. The van der Waals surface area contributed by atoms with E-state index in [1.54, 1.807) is 34.6 Å². The fourth-order valence-electron chi connectivity index (χ4n) is 9.43. The first-order chi connectivity index (χ1) is 26.0. The minimum atomic E-state index is -4.65. The SMILES string of the molecule is CC12CCC(C3C(=O)C(=C4CCC5(C)C4=[N+](CC(O)CS(=O)(=O)O)c4ccc(SOOO)cc45)C3O)=C1N(CC(O)CS(=O)(=O)O)c1ccc(S(=O)(=O)O)cc12. The van der Waals surface area contributed by atoms with Crippen molar-refractivity contribution < 1.29 is 78.2 Å². The van der Waals surface area contributed by atoms with E-state index in [-0.39, 0.29) is 25.1 Å². The van der Waals surface area contributed by atoms with Crippen LogP contribution in [0.3, 0.4) is 0 Å². The smallest absolute Gasteiger partial charge is 0.294 e. The molecule has 2 fully saturated rings. The van der Waals surface area contributed by atoms with Gasteiger partial charge in [-0.3, -0.25) is 18.5 Å². The van der Waals surface area contributed by atoms with E-state index < -0.39 is 87.6 Å². The zero-order valence-corrected chi connectivity index (χ0v) is 33.0. The van der Waals surface area contributed by atoms with Crippen molar-refractivity contribution in [3.63, 3.8) is 0 Å². The largest absolute Gasteiger partial charge is 0.390 e. The molecule has 0 bridgehead atoms. The van der Waals surface area contributed by atoms with E-state index in [0.717, 1.165) is 11.6 Å². The number of nitrogens with zero attached hydrogens (tertiary/aromatic N) is 2. The number of fused-ring (bicyclic) bond motifs is 6. The standard InChI is InChI=1S/C34H38N2O16S4/c1-33-9-7-21(31(33)35(13-17(37)15-54(42,43)44)25-5-3-19(11-23(25)33)53-52-51-41)27-29(39)28(30(27)40)22-8-10-34(2)24-12-20(56(48,49)50)4-6-26(24)36(32(22)34)14-18(38)16-55(45,46)47/h3-6,11-12,17-18,28-29,37-39H,7-10,13-16H2,1-2H3,(H3-,41,42,43,44,45,46,47,48,49,50)/p+1. The van der Waals surface area contributed by atoms with Gasteiger partial charge in [-0.1, -0.05) is 5.04 Å². The monoisotopic (exact) mass is 859 g/mol. The molecule has 2 aliphatic heterocycles. The molecule has 0 spiro atoms. The van der Waals surface area contributed by atoms with Gasteiger partial charge < -0.3 is 20.2 Å². The molecular weight excluding hydrogens is 821 g/mol. The number of benzene rings is 2. The average molecular weight is 860 g/mol. The molecule has 18 nitrogen and oxygen atoms in total. The Labute approximate surface area is 326 Å². The highest BCUT2D eigenvalue weighted by atomic mass is 32.2. The Bertz CT molecular complexity index is 2480. The number of anilines is 1. The number of rotatable bonds is 13. The van der Waals surface area contributed by atoms with Crippen molar-refractivity contribution in [2.45, 2.75) is 78.5 Å². The van der Waals surface area contributed by atoms with Gasteiger partial charge >= 0.3 is 0 Å². The van der Waals surface area contributed by atoms with Crippen molar-refractivity contribution in [1.29, 1.82) is 0 Å². The summed E-state index contributed by atoms with van der Waals surface area (Å²) in [7, 11) is -13.8. The molecule has 0 radical (unpaired) electrons. The number of aliphatic hydroxyl groups excluding tert-OH is 3. The molecule has 2 heterocycles. The molecule has 304 valence electrons. The number of hydrogen-bond donors (Lipinski definition) is 7. The maximum absolute atomic E-state index is 14.5. The van der Waals surface area contributed by atoms with Crippen LogP contribution < -0.4 is 4.90 Å². The predicted molar refractivity (Wildman–Crippen MR) is 197 cm³/mol. The summed E-state index contributed by atoms with van der Waals surface area (Å²) in [5, 5.41) is 46.0. The molecule has 2 aromatic rings. The lowest BCUT2D eigenvalue weighted by Gasteiger charge is -2.38. The molecule has 6 unspecified atom stereocenters. The second kappa shape index (κ2) is 14.0. The third-order valence-corrected chi connectivity index (χ3v) is 14.6. The van der Waals surface area contributed by atoms with Crippen LogP contribution in [-0.4, -0.2) is 118 Å². The number of carbonyl (C=O) groups excluding carboxylic acids is 1. The summed E-state index contributed by atoms with van der Waals surface area (Å²) < 4.78 is 106. The van der Waals surface area contributed by atoms with Crippen molar-refractivity contribution in [2.75, 3.05) is 29.5 Å². The van der Waals surface area contributed by atoms with Crippen LogP contribution >= 0.6 is 12.0 Å². The summed E-state index contributed by atoms with van der Waals surface area (Å²) >= 11 is 0.714. The molecule has 3 aliphatic carbocycles. The summed E-state index contributed by atoms with van der Waals surface area (Å²) in [6, 6.07) is 8.89. The molecule has 6 atom stereocenters. The zero-order valence-electron chi connectivity index (χ0n) is 29.8. The van der Waals surface area contributed by atoms with Crippen molar-refractivity contribution in [1.82, 2.24) is 0 Å². The van der Waals surface area contributed by atoms with Gasteiger partial charge in [-0.25, -0.2) is 5.26 Å². The van der Waals surface area contributed by atoms with Gasteiger partial charge in [-0.2, -0.15) is 29.8 Å². The molecular formula is C34H39N2O16S4+. The van der Waals surface area contributed by atoms with Gasteiger partial charge in [0.25, 0.3) is 30.4 Å². The number of β-amino-alcohol motifs (C(OH)–C–C–N with tert-alkyl or cyclic N) is 2. The van der Waals surface area contributed by atoms with Crippen LogP contribution in [0.2, 0.25) is 0 Å². The van der Waals surface area contributed by atoms with E-state index in [1.165, 1.54) is 12.1 Å². The minimum Gasteiger partial charge on any atom is -0.390 e. The zero-order chi connectivity index (χ0) is 40.9. The number of allylic oxidation sites excluding steroid dienone is 2. The van der Waals surface area contributed by atoms with Gasteiger partial charge in [0.1, 0.15) is 17.6 Å². The van der Waals surface area contributed by atoms with Crippen LogP contribution in [0.15, 0.2) is 68.6 Å². The van der Waals surface area contributed by atoms with Gasteiger partial charge in [0, 0.05) is 51.0 Å². The highest BCUT2D eigenvalue weighted by molar-refractivity contribution is 7.94. The number of carbonyl (C=O) groups is 1. The van der Waals surface area contributed by atoms with Gasteiger partial charge in [0.15, 0.2) is 18.0 Å². The molecule has 22 heteroatoms. The predicted octanol–water partition coefficient (Wildman–Crippen LogP) is 1.69. The topological polar surface area (TPSA) is 286 Å². The average Bonchev–Trinajstić information content (AvgIpc) is 3.73. The molecule has 0 aromatic heterocycles. The number of aliphatic hydroxyl groups is 3. The molecule has 56 heavy (non-hydrogen) atoms. The molecule has 0 amide bonds. The summed E-state index contributed by atoms with van der Waals surface area (Å²) in [5.41, 5.74) is 2.32. The van der Waals surface area contributed by atoms with E-state index >= 15 is 0 Å². The number of Topliss-reactive ketones (excluding diaryl/α,β-unsaturated/α-hetero) is 1. The first kappa shape index (κ1) is 41.1. The molecule has 5 aliphatic rings. The lowest BCUT2D eigenvalue weighted by Crippen LogP contribution is -2.49. The Morgan fingerprint density at radius 1 is 0.911 bits per heavy atom. The highest BCUT2D eigenvalue weighted by Gasteiger charge is 2.61. The molecule has 7 N–H and O–H groups in total. The summed E-state index contributed by atoms with van der Waals surface area (Å²) in [6.07, 6.45) is -3.25. The van der Waals surface area contributed by atoms with Crippen LogP contribution in [0.4, 0.5) is 11.4 Å². The van der Waals surface area contributed by atoms with Crippen LogP contribution in [0.5, 0.6) is 0 Å². The lowest BCUT2D eigenvalue weighted by molar-refractivity contribution is -0.448. The Kier molecular flexibility index (Phi) is 10.3. The lowest BCUT2D eigenvalue weighted by atomic mass is 9.67. The van der Waals surface area contributed by atoms with E-state index in [9.17, 15) is 59.0 Å². The van der Waals surface area contributed by atoms with Gasteiger partial charge in [-0.05, 0) is 81.0 Å². The van der Waals surface area contributed by atoms with Gasteiger partial charge in [0.05, 0.1) is 40.5 Å². The molecule has 0 saturated heterocycles. The first-order valence-corrected chi connectivity index (χ1v) is 22.7. The molecule has 7 rings (SSSR count). The highest BCUT2D eigenvalue weighted by Crippen LogP contribution is 2.60. The molecule has 2 aromatic carbocycles. The fraction of sp³-hybridized carbons (Fsp3) is 0.471. The fourth-order valence-corrected chi connectivity index (χ4v) is 11.5. The maximum atomic E-state index is 14.5. The van der Waals surface area contributed by atoms with Gasteiger partial charge in [0.2, 0.25) is 5.69 Å². The summed E-state index contributed by atoms with van der Waals surface area (Å²) in [5.74, 6) is -3.50. The summed E-state index contributed by atoms with van der Waals surface area (Å²) in [6.45, 7) is 2.99. The van der Waals surface area contributed by atoms with Crippen LogP contribution in [-0.2, 0) is 55.4 Å². The van der Waals surface area contributed by atoms with Crippen LogP contribution in [0.1, 0.15) is 50.7 Å². The van der Waals surface area contributed by atoms with Crippen LogP contribution in [0.25, 0.3) is 0 Å². The maximum Gasteiger partial charge on any atom is 0.294 e. The molecule has 2 saturated carbocycles. The normalized spacial score (nSPS) is 28.4. The van der Waals surface area contributed by atoms with Crippen molar-refractivity contribution in [3.05, 3.63) is 69.9 Å². The van der Waals surface area contributed by atoms with Crippen molar-refractivity contribution in [2.24, 2.45) is 5.92 Å². The van der Waals surface area contributed by atoms with Gasteiger partial charge in [-0.15, -0.1) is 4.33 Å². The van der Waals surface area contributed by atoms with Crippen LogP contribution in [0, 0.1) is 5.92 Å². The van der Waals surface area contributed by atoms with E-state index in [4.69, 9.17) is 5.26 Å². The summed E-state index contributed by atoms with van der Waals surface area (Å²) in [4.78, 5) is 16.1. The number of hydrogen-bond acceptors (Lipinski definition) is 15. The van der Waals surface area contributed by atoms with Crippen molar-refractivity contribution >= 4 is 65.3 Å². The van der Waals surface area contributed by atoms with E-state index in [1.807, 2.05) is 6.92 Å². The van der Waals surface area contributed by atoms with E-state index in [2.05, 4.69) is 9.37 Å². The Hall–Kier alpha value is -3.10. The third-order valence-electron chi connectivity index (χ3n) is 11.6. The second-order valence-corrected chi connectivity index (χ2v) is 20.3. The Balaban J connectivity index is 1.32. The second-order valence-electron chi connectivity index (χ2n) is 15.2. The number of ketones is 1. The Morgan fingerprint density at radius 2 is 1.57 bits per heavy atom. The Morgan fingerprint density at radius 3 is 2.20 bits per heavy atom. The quantitative estimate of drug-likeness (QED) is 0.0377. The van der Waals surface area contributed by atoms with E-state index in [0.29, 0.717) is 75.7 Å². The first-order valence-electron chi connectivity index (χ1n) is 17.3. The third kappa shape index (κ3) is 6.96.